The zero-order valence-corrected chi connectivity index (χ0v) is 16.6. The first kappa shape index (κ1) is 19.1. The molecule has 0 unspecified atom stereocenters. The molecule has 5 rings (SSSR count). The second kappa shape index (κ2) is 7.10. The minimum Gasteiger partial charge on any atom is -0.452 e. The lowest BCUT2D eigenvalue weighted by atomic mass is 10.1. The van der Waals surface area contributed by atoms with Crippen molar-refractivity contribution in [1.82, 2.24) is 4.98 Å². The number of rotatable bonds is 4. The molecule has 1 aromatic heterocycles. The molecule has 0 saturated heterocycles. The third-order valence-electron chi connectivity index (χ3n) is 4.86. The third-order valence-corrected chi connectivity index (χ3v) is 6.12. The van der Waals surface area contributed by atoms with Crippen molar-refractivity contribution in [2.24, 2.45) is 0 Å². The number of carbonyl (C=O) groups excluding carboxylic acids is 1. The van der Waals surface area contributed by atoms with E-state index in [0.717, 1.165) is 40.7 Å². The zero-order valence-electron chi connectivity index (χ0n) is 15.8. The van der Waals surface area contributed by atoms with Gasteiger partial charge < -0.3 is 13.9 Å². The highest BCUT2D eigenvalue weighted by molar-refractivity contribution is 7.87. The molecule has 0 radical (unpaired) electrons. The van der Waals surface area contributed by atoms with Crippen LogP contribution in [0.5, 0.6) is 11.5 Å². The Morgan fingerprint density at radius 3 is 2.58 bits per heavy atom. The van der Waals surface area contributed by atoms with E-state index in [1.54, 1.807) is 12.3 Å². The molecule has 154 valence electrons. The molecule has 1 aliphatic heterocycles. The molecule has 2 heterocycles. The topological polar surface area (TPSA) is 85.5 Å². The van der Waals surface area contributed by atoms with Crippen molar-refractivity contribution in [3.05, 3.63) is 95.6 Å². The van der Waals surface area contributed by atoms with Crippen LogP contribution in [0.25, 0.3) is 17.0 Å². The number of carbonyl (C=O) groups is 1. The number of nitrogens with one attached hydrogen (secondary N) is 1. The lowest BCUT2D eigenvalue weighted by Gasteiger charge is -2.07. The lowest BCUT2D eigenvalue weighted by molar-refractivity contribution is 0.101. The average Bonchev–Trinajstić information content (AvgIpc) is 3.29. The number of hydrogen-bond acceptors (Lipinski definition) is 5. The molecule has 0 bridgehead atoms. The highest BCUT2D eigenvalue weighted by Gasteiger charge is 2.29. The molecule has 0 atom stereocenters. The summed E-state index contributed by atoms with van der Waals surface area (Å²) in [4.78, 5) is 15.7. The van der Waals surface area contributed by atoms with E-state index in [-0.39, 0.29) is 27.9 Å². The maximum absolute atomic E-state index is 13.1. The lowest BCUT2D eigenvalue weighted by Crippen LogP contribution is -2.09. The Labute approximate surface area is 176 Å². The molecule has 0 spiro atoms. The molecule has 1 aliphatic rings. The maximum atomic E-state index is 13.1. The van der Waals surface area contributed by atoms with Crippen molar-refractivity contribution >= 4 is 32.9 Å². The first-order valence-corrected chi connectivity index (χ1v) is 10.7. The van der Waals surface area contributed by atoms with E-state index in [0.29, 0.717) is 5.56 Å². The summed E-state index contributed by atoms with van der Waals surface area (Å²) in [6, 6.07) is 16.1. The van der Waals surface area contributed by atoms with E-state index in [1.807, 2.05) is 24.3 Å². The van der Waals surface area contributed by atoms with Crippen LogP contribution in [0.4, 0.5) is 4.39 Å². The highest BCUT2D eigenvalue weighted by Crippen LogP contribution is 2.36. The molecule has 8 heteroatoms. The number of ketones is 1. The summed E-state index contributed by atoms with van der Waals surface area (Å²) in [5, 5.41) is 0.941. The summed E-state index contributed by atoms with van der Waals surface area (Å²) >= 11 is 0. The van der Waals surface area contributed by atoms with Crippen LogP contribution in [0.3, 0.4) is 0 Å². The minimum atomic E-state index is -4.17. The fourth-order valence-electron chi connectivity index (χ4n) is 3.35. The monoisotopic (exact) mass is 435 g/mol. The van der Waals surface area contributed by atoms with Crippen LogP contribution >= 0.6 is 0 Å². The molecule has 6 nitrogen and oxygen atoms in total. The molecule has 31 heavy (non-hydrogen) atoms. The highest BCUT2D eigenvalue weighted by atomic mass is 32.2. The SMILES string of the molecule is O=C1C(=Cc2c[nH]c3ccccc23)Oc2cc(OS(=O)(=O)c3ccc(F)cc3)ccc21. The Kier molecular flexibility index (Phi) is 4.37. The summed E-state index contributed by atoms with van der Waals surface area (Å²) in [5.74, 6) is -0.573. The third kappa shape index (κ3) is 3.47. The first-order chi connectivity index (χ1) is 14.9. The van der Waals surface area contributed by atoms with Gasteiger partial charge in [-0.05, 0) is 48.5 Å². The van der Waals surface area contributed by atoms with E-state index >= 15 is 0 Å². The van der Waals surface area contributed by atoms with Gasteiger partial charge in [-0.1, -0.05) is 18.2 Å². The number of halogens is 1. The smallest absolute Gasteiger partial charge is 0.339 e. The van der Waals surface area contributed by atoms with Gasteiger partial charge in [0.1, 0.15) is 22.2 Å². The second-order valence-corrected chi connectivity index (χ2v) is 8.43. The van der Waals surface area contributed by atoms with Crippen LogP contribution in [0.1, 0.15) is 15.9 Å². The maximum Gasteiger partial charge on any atom is 0.339 e. The Morgan fingerprint density at radius 2 is 1.77 bits per heavy atom. The molecule has 0 saturated carbocycles. The summed E-state index contributed by atoms with van der Waals surface area (Å²) in [5.41, 5.74) is 2.03. The number of Topliss-reactive ketones (excluding diaryl/α,β-unsaturated/α-hetero) is 1. The summed E-state index contributed by atoms with van der Waals surface area (Å²) in [6.45, 7) is 0. The number of H-pyrrole nitrogens is 1. The van der Waals surface area contributed by atoms with E-state index < -0.39 is 15.9 Å². The standard InChI is InChI=1S/C23H14FNO5S/c24-15-5-8-17(9-6-15)31(27,28)30-16-7-10-19-21(12-16)29-22(23(19)26)11-14-13-25-20-4-2-1-3-18(14)20/h1-13,25H. The fourth-order valence-corrected chi connectivity index (χ4v) is 4.27. The van der Waals surface area contributed by atoms with Gasteiger partial charge >= 0.3 is 10.1 Å². The van der Waals surface area contributed by atoms with Gasteiger partial charge in [-0.2, -0.15) is 8.42 Å². The van der Waals surface area contributed by atoms with Crippen molar-refractivity contribution < 1.29 is 26.5 Å². The number of aromatic nitrogens is 1. The van der Waals surface area contributed by atoms with E-state index in [1.165, 1.54) is 18.2 Å². The Bertz CT molecular complexity index is 1470. The van der Waals surface area contributed by atoms with Crippen molar-refractivity contribution in [2.45, 2.75) is 4.90 Å². The second-order valence-electron chi connectivity index (χ2n) is 6.88. The summed E-state index contributed by atoms with van der Waals surface area (Å²) in [7, 11) is -4.17. The van der Waals surface area contributed by atoms with Gasteiger partial charge in [-0.25, -0.2) is 4.39 Å². The predicted molar refractivity (Wildman–Crippen MR) is 112 cm³/mol. The molecular formula is C23H14FNO5S. The van der Waals surface area contributed by atoms with Gasteiger partial charge in [0.25, 0.3) is 0 Å². The number of fused-ring (bicyclic) bond motifs is 2. The molecule has 0 amide bonds. The Balaban J connectivity index is 1.43. The normalized spacial score (nSPS) is 14.6. The number of aromatic amines is 1. The molecule has 0 fully saturated rings. The average molecular weight is 435 g/mol. The van der Waals surface area contributed by atoms with Gasteiger partial charge in [0.15, 0.2) is 5.76 Å². The minimum absolute atomic E-state index is 0.0239. The summed E-state index contributed by atoms with van der Waals surface area (Å²) < 4.78 is 48.7. The molecule has 0 aliphatic carbocycles. The Morgan fingerprint density at radius 1 is 1.00 bits per heavy atom. The van der Waals surface area contributed by atoms with Gasteiger partial charge in [-0.15, -0.1) is 0 Å². The number of hydrogen-bond donors (Lipinski definition) is 1. The van der Waals surface area contributed by atoms with Gasteiger partial charge in [0.05, 0.1) is 5.56 Å². The Hall–Kier alpha value is -3.91. The van der Waals surface area contributed by atoms with Crippen LogP contribution in [0.15, 0.2) is 83.6 Å². The van der Waals surface area contributed by atoms with E-state index in [2.05, 4.69) is 4.98 Å². The fraction of sp³-hybridized carbons (Fsp3) is 0. The molecular weight excluding hydrogens is 421 g/mol. The first-order valence-electron chi connectivity index (χ1n) is 9.25. The van der Waals surface area contributed by atoms with Crippen molar-refractivity contribution in [1.29, 1.82) is 0 Å². The van der Waals surface area contributed by atoms with Crippen LogP contribution in [0.2, 0.25) is 0 Å². The zero-order chi connectivity index (χ0) is 21.6. The van der Waals surface area contributed by atoms with Crippen LogP contribution < -0.4 is 8.92 Å². The number of allylic oxidation sites excluding steroid dienone is 1. The summed E-state index contributed by atoms with van der Waals surface area (Å²) in [6.07, 6.45) is 3.41. The van der Waals surface area contributed by atoms with Gasteiger partial charge in [0, 0.05) is 28.7 Å². The number of ether oxygens (including phenoxy) is 1. The van der Waals surface area contributed by atoms with Gasteiger partial charge in [-0.3, -0.25) is 4.79 Å². The molecule has 4 aromatic rings. The quantitative estimate of drug-likeness (QED) is 0.371. The number of benzene rings is 3. The molecule has 3 aromatic carbocycles. The predicted octanol–water partition coefficient (Wildman–Crippen LogP) is 4.69. The van der Waals surface area contributed by atoms with E-state index in [4.69, 9.17) is 8.92 Å². The van der Waals surface area contributed by atoms with E-state index in [9.17, 15) is 17.6 Å². The van der Waals surface area contributed by atoms with Crippen molar-refractivity contribution in [3.63, 3.8) is 0 Å². The molecule has 1 N–H and O–H groups in total. The number of para-hydroxylation sites is 1. The largest absolute Gasteiger partial charge is 0.452 e. The van der Waals surface area contributed by atoms with Crippen molar-refractivity contribution in [3.8, 4) is 11.5 Å². The van der Waals surface area contributed by atoms with Gasteiger partial charge in [0.2, 0.25) is 5.78 Å². The van der Waals surface area contributed by atoms with Crippen LogP contribution in [0, 0.1) is 5.82 Å². The van der Waals surface area contributed by atoms with Crippen LogP contribution in [-0.4, -0.2) is 19.2 Å². The van der Waals surface area contributed by atoms with Crippen LogP contribution in [-0.2, 0) is 10.1 Å². The van der Waals surface area contributed by atoms with Crippen molar-refractivity contribution in [2.75, 3.05) is 0 Å².